The number of ether oxygens (including phenoxy) is 1. The van der Waals surface area contributed by atoms with Crippen molar-refractivity contribution in [1.82, 2.24) is 0 Å². The quantitative estimate of drug-likeness (QED) is 0.482. The van der Waals surface area contributed by atoms with Crippen LogP contribution in [0.5, 0.6) is 5.75 Å². The van der Waals surface area contributed by atoms with Gasteiger partial charge in [0.2, 0.25) is 0 Å². The fourth-order valence-corrected chi connectivity index (χ4v) is 1.80. The highest BCUT2D eigenvalue weighted by Crippen LogP contribution is 2.14. The Hall–Kier alpha value is -3.19. The van der Waals surface area contributed by atoms with E-state index in [1.165, 1.54) is 6.08 Å². The summed E-state index contributed by atoms with van der Waals surface area (Å²) in [4.78, 5) is 23.2. The fraction of sp³-hybridized carbons (Fsp3) is 0.0556. The van der Waals surface area contributed by atoms with E-state index in [1.54, 1.807) is 48.5 Å². The van der Waals surface area contributed by atoms with Crippen molar-refractivity contribution in [2.45, 2.75) is 6.42 Å². The Bertz CT molecular complexity index is 737. The number of hydrogen-bond acceptors (Lipinski definition) is 4. The van der Waals surface area contributed by atoms with Crippen LogP contribution in [0.15, 0.2) is 61.2 Å². The Balaban J connectivity index is 2.04. The number of nitrogens with zero attached hydrogens (tertiary/aromatic N) is 1. The van der Waals surface area contributed by atoms with Gasteiger partial charge in [0, 0.05) is 6.42 Å². The van der Waals surface area contributed by atoms with Gasteiger partial charge in [0.25, 0.3) is 0 Å². The molecule has 0 amide bonds. The number of nitriles is 1. The lowest BCUT2D eigenvalue weighted by Gasteiger charge is -2.05. The summed E-state index contributed by atoms with van der Waals surface area (Å²) in [5, 5.41) is 8.71. The summed E-state index contributed by atoms with van der Waals surface area (Å²) in [6, 6.07) is 14.9. The van der Waals surface area contributed by atoms with Crippen LogP contribution in [-0.4, -0.2) is 11.8 Å². The molecule has 0 bridgehead atoms. The zero-order chi connectivity index (χ0) is 15.9. The molecule has 0 saturated heterocycles. The molecule has 0 saturated carbocycles. The lowest BCUT2D eigenvalue weighted by Crippen LogP contribution is -2.08. The number of esters is 1. The maximum atomic E-state index is 12.0. The third-order valence-electron chi connectivity index (χ3n) is 2.99. The summed E-state index contributed by atoms with van der Waals surface area (Å²) >= 11 is 0. The van der Waals surface area contributed by atoms with Crippen molar-refractivity contribution in [3.05, 3.63) is 77.9 Å². The molecule has 0 aliphatic carbocycles. The molecule has 0 aromatic heterocycles. The maximum absolute atomic E-state index is 12.0. The predicted molar refractivity (Wildman–Crippen MR) is 81.5 cm³/mol. The van der Waals surface area contributed by atoms with Gasteiger partial charge in [-0.15, -0.1) is 0 Å². The number of carbonyl (C=O) groups is 2. The molecule has 2 aromatic rings. The van der Waals surface area contributed by atoms with Crippen LogP contribution in [0.1, 0.15) is 21.5 Å². The average molecular weight is 291 g/mol. The lowest BCUT2D eigenvalue weighted by molar-refractivity contribution is -0.114. The highest BCUT2D eigenvalue weighted by Gasteiger charge is 2.09. The Labute approximate surface area is 128 Å². The first-order valence-corrected chi connectivity index (χ1v) is 6.59. The van der Waals surface area contributed by atoms with Crippen molar-refractivity contribution in [2.75, 3.05) is 0 Å². The first kappa shape index (κ1) is 15.2. The lowest BCUT2D eigenvalue weighted by atomic mass is 10.1. The molecule has 2 aromatic carbocycles. The highest BCUT2D eigenvalue weighted by molar-refractivity contribution is 5.92. The van der Waals surface area contributed by atoms with Gasteiger partial charge in [-0.25, -0.2) is 4.79 Å². The van der Waals surface area contributed by atoms with Crippen molar-refractivity contribution in [3.63, 3.8) is 0 Å². The number of hydrogen-bond donors (Lipinski definition) is 0. The number of ketones is 1. The largest absolute Gasteiger partial charge is 0.423 e. The number of rotatable bonds is 5. The molecule has 0 heterocycles. The predicted octanol–water partition coefficient (Wildman–Crippen LogP) is 3.08. The summed E-state index contributed by atoms with van der Waals surface area (Å²) in [5.74, 6) is -0.200. The average Bonchev–Trinajstić information content (AvgIpc) is 2.56. The molecule has 4 nitrogen and oxygen atoms in total. The normalized spacial score (nSPS) is 9.59. The van der Waals surface area contributed by atoms with Crippen LogP contribution in [0.4, 0.5) is 0 Å². The summed E-state index contributed by atoms with van der Waals surface area (Å²) < 4.78 is 5.21. The molecular formula is C18H13NO3. The van der Waals surface area contributed by atoms with Crippen molar-refractivity contribution >= 4 is 11.8 Å². The standard InChI is InChI=1S/C18H13NO3/c1-2-16(20)11-13-3-7-15(8-4-13)18(21)22-17-9-5-14(12-19)6-10-17/h2-10H,1,11H2. The fourth-order valence-electron chi connectivity index (χ4n) is 1.80. The summed E-state index contributed by atoms with van der Waals surface area (Å²) in [6.07, 6.45) is 1.53. The van der Waals surface area contributed by atoms with E-state index in [0.717, 1.165) is 5.56 Å². The van der Waals surface area contributed by atoms with Gasteiger partial charge in [0.05, 0.1) is 17.2 Å². The van der Waals surface area contributed by atoms with E-state index < -0.39 is 5.97 Å². The molecule has 0 spiro atoms. The second kappa shape index (κ2) is 7.00. The van der Waals surface area contributed by atoms with E-state index in [9.17, 15) is 9.59 Å². The van der Waals surface area contributed by atoms with Gasteiger partial charge in [-0.2, -0.15) is 5.26 Å². The second-order valence-electron chi connectivity index (χ2n) is 4.57. The molecule has 0 radical (unpaired) electrons. The third kappa shape index (κ3) is 3.90. The van der Waals surface area contributed by atoms with Crippen LogP contribution in [0, 0.1) is 11.3 Å². The minimum Gasteiger partial charge on any atom is -0.423 e. The van der Waals surface area contributed by atoms with Crippen LogP contribution >= 0.6 is 0 Å². The number of carbonyl (C=O) groups excluding carboxylic acids is 2. The molecule has 4 heteroatoms. The van der Waals surface area contributed by atoms with E-state index in [4.69, 9.17) is 10.00 Å². The number of allylic oxidation sites excluding steroid dienone is 1. The molecule has 0 fully saturated rings. The molecular weight excluding hydrogens is 278 g/mol. The van der Waals surface area contributed by atoms with Gasteiger partial charge in [-0.05, 0) is 48.0 Å². The van der Waals surface area contributed by atoms with E-state index >= 15 is 0 Å². The Morgan fingerprint density at radius 1 is 1.09 bits per heavy atom. The zero-order valence-electron chi connectivity index (χ0n) is 11.8. The Kier molecular flexibility index (Phi) is 4.84. The van der Waals surface area contributed by atoms with Gasteiger partial charge < -0.3 is 4.74 Å². The van der Waals surface area contributed by atoms with E-state index in [0.29, 0.717) is 16.9 Å². The van der Waals surface area contributed by atoms with Gasteiger partial charge in [0.1, 0.15) is 5.75 Å². The van der Waals surface area contributed by atoms with E-state index in [2.05, 4.69) is 6.58 Å². The topological polar surface area (TPSA) is 67.2 Å². The maximum Gasteiger partial charge on any atom is 0.343 e. The highest BCUT2D eigenvalue weighted by atomic mass is 16.5. The Morgan fingerprint density at radius 3 is 2.27 bits per heavy atom. The first-order chi connectivity index (χ1) is 10.6. The van der Waals surface area contributed by atoms with Crippen LogP contribution in [0.2, 0.25) is 0 Å². The summed E-state index contributed by atoms with van der Waals surface area (Å²) in [5.41, 5.74) is 1.69. The minimum absolute atomic E-state index is 0.0760. The van der Waals surface area contributed by atoms with Gasteiger partial charge in [0.15, 0.2) is 5.78 Å². The summed E-state index contributed by atoms with van der Waals surface area (Å²) in [7, 11) is 0. The molecule has 0 aliphatic heterocycles. The zero-order valence-corrected chi connectivity index (χ0v) is 11.8. The van der Waals surface area contributed by atoms with Crippen molar-refractivity contribution in [2.24, 2.45) is 0 Å². The van der Waals surface area contributed by atoms with Gasteiger partial charge in [-0.1, -0.05) is 18.7 Å². The monoisotopic (exact) mass is 291 g/mol. The molecule has 0 N–H and O–H groups in total. The molecule has 2 rings (SSSR count). The van der Waals surface area contributed by atoms with Gasteiger partial charge in [-0.3, -0.25) is 4.79 Å². The van der Waals surface area contributed by atoms with Crippen LogP contribution in [0.25, 0.3) is 0 Å². The molecule has 108 valence electrons. The van der Waals surface area contributed by atoms with Crippen molar-refractivity contribution < 1.29 is 14.3 Å². The molecule has 0 aliphatic rings. The van der Waals surface area contributed by atoms with Gasteiger partial charge >= 0.3 is 5.97 Å². The van der Waals surface area contributed by atoms with Crippen LogP contribution in [0.3, 0.4) is 0 Å². The van der Waals surface area contributed by atoms with Crippen molar-refractivity contribution in [1.29, 1.82) is 5.26 Å². The summed E-state index contributed by atoms with van der Waals surface area (Å²) in [6.45, 7) is 3.42. The first-order valence-electron chi connectivity index (χ1n) is 6.59. The van der Waals surface area contributed by atoms with Crippen molar-refractivity contribution in [3.8, 4) is 11.8 Å². The third-order valence-corrected chi connectivity index (χ3v) is 2.99. The smallest absolute Gasteiger partial charge is 0.343 e. The van der Waals surface area contributed by atoms with E-state index in [-0.39, 0.29) is 12.2 Å². The Morgan fingerprint density at radius 2 is 1.73 bits per heavy atom. The SMILES string of the molecule is C=CC(=O)Cc1ccc(C(=O)Oc2ccc(C#N)cc2)cc1. The van der Waals surface area contributed by atoms with Crippen LogP contribution in [-0.2, 0) is 11.2 Å². The molecule has 22 heavy (non-hydrogen) atoms. The molecule has 0 unspecified atom stereocenters. The van der Waals surface area contributed by atoms with E-state index in [1.807, 2.05) is 6.07 Å². The second-order valence-corrected chi connectivity index (χ2v) is 4.57. The minimum atomic E-state index is -0.494. The number of benzene rings is 2. The van der Waals surface area contributed by atoms with Crippen LogP contribution < -0.4 is 4.74 Å². The molecule has 0 atom stereocenters.